The second-order valence-electron chi connectivity index (χ2n) is 5.43. The van der Waals surface area contributed by atoms with Gasteiger partial charge in [0, 0.05) is 43.5 Å². The van der Waals surface area contributed by atoms with Crippen LogP contribution in [0, 0.1) is 5.82 Å². The number of benzene rings is 1. The lowest BCUT2D eigenvalue weighted by Gasteiger charge is -2.39. The first-order valence-corrected chi connectivity index (χ1v) is 7.33. The van der Waals surface area contributed by atoms with Crippen molar-refractivity contribution in [1.82, 2.24) is 4.90 Å². The molecule has 1 aliphatic rings. The summed E-state index contributed by atoms with van der Waals surface area (Å²) >= 11 is 0. The SMILES string of the molecule is CCC(C)N1CCN(c2ccc(F)cc2C(N)=NO)CC1. The Bertz CT molecular complexity index is 512. The molecule has 0 bridgehead atoms. The zero-order valence-corrected chi connectivity index (χ0v) is 12.6. The van der Waals surface area contributed by atoms with Crippen molar-refractivity contribution in [3.63, 3.8) is 0 Å². The Morgan fingerprint density at radius 3 is 2.62 bits per heavy atom. The maximum atomic E-state index is 13.4. The predicted octanol–water partition coefficient (Wildman–Crippen LogP) is 1.84. The Labute approximate surface area is 124 Å². The van der Waals surface area contributed by atoms with Crippen molar-refractivity contribution in [2.45, 2.75) is 26.3 Å². The summed E-state index contributed by atoms with van der Waals surface area (Å²) in [6.45, 7) is 8.04. The van der Waals surface area contributed by atoms with Crippen LogP contribution in [0.25, 0.3) is 0 Å². The standard InChI is InChI=1S/C15H23FN4O/c1-3-11(2)19-6-8-20(9-7-19)14-5-4-12(16)10-13(14)15(17)18-21/h4-5,10-11,21H,3,6-9H2,1-2H3,(H2,17,18). The Morgan fingerprint density at radius 1 is 1.38 bits per heavy atom. The van der Waals surface area contributed by atoms with Crippen molar-refractivity contribution in [2.75, 3.05) is 31.1 Å². The van der Waals surface area contributed by atoms with Crippen LogP contribution in [0.5, 0.6) is 0 Å². The van der Waals surface area contributed by atoms with Gasteiger partial charge in [0.25, 0.3) is 0 Å². The van der Waals surface area contributed by atoms with Gasteiger partial charge in [0.15, 0.2) is 5.84 Å². The lowest BCUT2D eigenvalue weighted by Crippen LogP contribution is -2.49. The van der Waals surface area contributed by atoms with Crippen molar-refractivity contribution >= 4 is 11.5 Å². The number of rotatable bonds is 4. The number of hydrogen-bond donors (Lipinski definition) is 2. The molecule has 0 saturated carbocycles. The summed E-state index contributed by atoms with van der Waals surface area (Å²) in [4.78, 5) is 4.61. The number of oxime groups is 1. The van der Waals surface area contributed by atoms with Crippen molar-refractivity contribution < 1.29 is 9.60 Å². The average molecular weight is 294 g/mol. The second-order valence-corrected chi connectivity index (χ2v) is 5.43. The third kappa shape index (κ3) is 3.44. The van der Waals surface area contributed by atoms with Crippen molar-refractivity contribution in [3.05, 3.63) is 29.6 Å². The molecule has 1 fully saturated rings. The van der Waals surface area contributed by atoms with Gasteiger partial charge in [0.1, 0.15) is 5.82 Å². The van der Waals surface area contributed by atoms with Crippen LogP contribution in [0.3, 0.4) is 0 Å². The van der Waals surface area contributed by atoms with Gasteiger partial charge in [-0.15, -0.1) is 0 Å². The summed E-state index contributed by atoms with van der Waals surface area (Å²) in [6, 6.07) is 4.99. The highest BCUT2D eigenvalue weighted by Crippen LogP contribution is 2.23. The maximum Gasteiger partial charge on any atom is 0.172 e. The van der Waals surface area contributed by atoms with Crippen molar-refractivity contribution in [1.29, 1.82) is 0 Å². The number of hydrogen-bond acceptors (Lipinski definition) is 4. The molecule has 1 atom stereocenters. The number of halogens is 1. The number of nitrogens with zero attached hydrogens (tertiary/aromatic N) is 3. The highest BCUT2D eigenvalue weighted by atomic mass is 19.1. The molecule has 5 nitrogen and oxygen atoms in total. The Morgan fingerprint density at radius 2 is 2.05 bits per heavy atom. The first-order valence-electron chi connectivity index (χ1n) is 7.33. The van der Waals surface area contributed by atoms with Gasteiger partial charge < -0.3 is 15.8 Å². The zero-order valence-electron chi connectivity index (χ0n) is 12.6. The van der Waals surface area contributed by atoms with E-state index in [4.69, 9.17) is 10.9 Å². The first-order chi connectivity index (χ1) is 10.1. The summed E-state index contributed by atoms with van der Waals surface area (Å²) in [5, 5.41) is 11.9. The number of nitrogens with two attached hydrogens (primary N) is 1. The van der Waals surface area contributed by atoms with Crippen molar-refractivity contribution in [2.24, 2.45) is 10.9 Å². The monoisotopic (exact) mass is 294 g/mol. The van der Waals surface area contributed by atoms with Gasteiger partial charge in [-0.3, -0.25) is 4.90 Å². The van der Waals surface area contributed by atoms with E-state index in [0.29, 0.717) is 11.6 Å². The molecule has 6 heteroatoms. The molecular formula is C15H23FN4O. The van der Waals surface area contributed by atoms with Crippen LogP contribution in [0.2, 0.25) is 0 Å². The summed E-state index contributed by atoms with van der Waals surface area (Å²) in [5.74, 6) is -0.451. The predicted molar refractivity (Wildman–Crippen MR) is 82.4 cm³/mol. The molecule has 0 aliphatic carbocycles. The molecule has 1 aliphatic heterocycles. The fourth-order valence-corrected chi connectivity index (χ4v) is 2.70. The lowest BCUT2D eigenvalue weighted by molar-refractivity contribution is 0.193. The fraction of sp³-hybridized carbons (Fsp3) is 0.533. The highest BCUT2D eigenvalue weighted by Gasteiger charge is 2.22. The third-order valence-electron chi connectivity index (χ3n) is 4.21. The molecule has 2 rings (SSSR count). The summed E-state index contributed by atoms with van der Waals surface area (Å²) in [6.07, 6.45) is 1.13. The quantitative estimate of drug-likeness (QED) is 0.385. The van der Waals surface area contributed by atoms with Gasteiger partial charge in [-0.1, -0.05) is 12.1 Å². The Balaban J connectivity index is 2.17. The van der Waals surface area contributed by atoms with E-state index in [2.05, 4.69) is 28.8 Å². The molecule has 0 amide bonds. The molecule has 1 heterocycles. The van der Waals surface area contributed by atoms with E-state index in [9.17, 15) is 4.39 Å². The van der Waals surface area contributed by atoms with Crippen LogP contribution >= 0.6 is 0 Å². The van der Waals surface area contributed by atoms with Crippen LogP contribution in [-0.2, 0) is 0 Å². The smallest absolute Gasteiger partial charge is 0.172 e. The summed E-state index contributed by atoms with van der Waals surface area (Å²) in [7, 11) is 0. The second kappa shape index (κ2) is 6.76. The van der Waals surface area contributed by atoms with Gasteiger partial charge >= 0.3 is 0 Å². The molecule has 0 radical (unpaired) electrons. The minimum absolute atomic E-state index is 0.0612. The number of anilines is 1. The molecule has 0 aromatic heterocycles. The van der Waals surface area contributed by atoms with Crippen LogP contribution < -0.4 is 10.6 Å². The van der Waals surface area contributed by atoms with E-state index in [-0.39, 0.29) is 5.84 Å². The summed E-state index contributed by atoms with van der Waals surface area (Å²) < 4.78 is 13.4. The van der Waals surface area contributed by atoms with Gasteiger partial charge in [-0.05, 0) is 31.5 Å². The lowest BCUT2D eigenvalue weighted by atomic mass is 10.1. The maximum absolute atomic E-state index is 13.4. The van der Waals surface area contributed by atoms with Crippen LogP contribution in [-0.4, -0.2) is 48.2 Å². The van der Waals surface area contributed by atoms with Crippen LogP contribution in [0.15, 0.2) is 23.4 Å². The zero-order chi connectivity index (χ0) is 15.4. The minimum Gasteiger partial charge on any atom is -0.409 e. The normalized spacial score (nSPS) is 18.8. The molecule has 116 valence electrons. The molecule has 21 heavy (non-hydrogen) atoms. The first kappa shape index (κ1) is 15.6. The van der Waals surface area contributed by atoms with E-state index in [1.54, 1.807) is 6.07 Å². The average Bonchev–Trinajstić information content (AvgIpc) is 2.53. The highest BCUT2D eigenvalue weighted by molar-refractivity contribution is 6.02. The molecule has 1 aromatic carbocycles. The van der Waals surface area contributed by atoms with E-state index >= 15 is 0 Å². The summed E-state index contributed by atoms with van der Waals surface area (Å²) in [5.41, 5.74) is 6.92. The van der Waals surface area contributed by atoms with E-state index in [1.807, 2.05) is 0 Å². The topological polar surface area (TPSA) is 65.1 Å². The van der Waals surface area contributed by atoms with Crippen molar-refractivity contribution in [3.8, 4) is 0 Å². The van der Waals surface area contributed by atoms with E-state index in [1.165, 1.54) is 12.1 Å². The molecular weight excluding hydrogens is 271 g/mol. The number of piperazine rings is 1. The minimum atomic E-state index is -0.390. The van der Waals surface area contributed by atoms with Crippen LogP contribution in [0.4, 0.5) is 10.1 Å². The van der Waals surface area contributed by atoms with Crippen LogP contribution in [0.1, 0.15) is 25.8 Å². The van der Waals surface area contributed by atoms with E-state index < -0.39 is 5.82 Å². The molecule has 3 N–H and O–H groups in total. The van der Waals surface area contributed by atoms with Gasteiger partial charge in [0.05, 0.1) is 0 Å². The van der Waals surface area contributed by atoms with Gasteiger partial charge in [-0.2, -0.15) is 0 Å². The Hall–Kier alpha value is -1.82. The largest absolute Gasteiger partial charge is 0.409 e. The van der Waals surface area contributed by atoms with E-state index in [0.717, 1.165) is 38.3 Å². The molecule has 1 aromatic rings. The molecule has 0 spiro atoms. The van der Waals surface area contributed by atoms with Gasteiger partial charge in [0.2, 0.25) is 0 Å². The number of amidine groups is 1. The van der Waals surface area contributed by atoms with Gasteiger partial charge in [-0.25, -0.2) is 4.39 Å². The molecule has 1 saturated heterocycles. The fourth-order valence-electron chi connectivity index (χ4n) is 2.70. The third-order valence-corrected chi connectivity index (χ3v) is 4.21. The Kier molecular flexibility index (Phi) is 5.01. The molecule has 1 unspecified atom stereocenters.